The van der Waals surface area contributed by atoms with Crippen LogP contribution in [0, 0.1) is 26.2 Å². The van der Waals surface area contributed by atoms with E-state index in [2.05, 4.69) is 10.6 Å². The quantitative estimate of drug-likeness (QED) is 0.255. The number of aromatic hydroxyl groups is 1. The molecule has 0 aromatic heterocycles. The number of amides is 3. The van der Waals surface area contributed by atoms with Gasteiger partial charge in [0.1, 0.15) is 11.8 Å². The molecule has 0 spiro atoms. The fourth-order valence-electron chi connectivity index (χ4n) is 5.85. The highest BCUT2D eigenvalue weighted by Gasteiger charge is 2.60. The molecule has 1 heterocycles. The lowest BCUT2D eigenvalue weighted by Crippen LogP contribution is -2.57. The number of aryl methyl sites for hydroxylation is 2. The van der Waals surface area contributed by atoms with E-state index >= 15 is 0 Å². The first-order chi connectivity index (χ1) is 20.6. The monoisotopic (exact) mass is 601 g/mol. The average molecular weight is 602 g/mol. The molecule has 234 valence electrons. The minimum absolute atomic E-state index is 0.0348. The highest BCUT2D eigenvalue weighted by Crippen LogP contribution is 2.44. The van der Waals surface area contributed by atoms with Crippen LogP contribution in [0.4, 0.5) is 0 Å². The van der Waals surface area contributed by atoms with Crippen LogP contribution in [0.1, 0.15) is 58.9 Å². The van der Waals surface area contributed by atoms with Crippen LogP contribution in [0.5, 0.6) is 5.75 Å². The number of likely N-dealkylation sites (tertiary alicyclic amines) is 1. The predicted molar refractivity (Wildman–Crippen MR) is 168 cm³/mol. The molecule has 3 aromatic rings. The number of nitrogens with one attached hydrogen (secondary N) is 2. The number of nitrogens with zero attached hydrogens (tertiary/aromatic N) is 1. The summed E-state index contributed by atoms with van der Waals surface area (Å²) in [5.41, 5.74) is 1.46. The lowest BCUT2D eigenvalue weighted by molar-refractivity contribution is -0.148. The van der Waals surface area contributed by atoms with Crippen LogP contribution in [0.15, 0.2) is 66.7 Å². The summed E-state index contributed by atoms with van der Waals surface area (Å²) in [6.07, 6.45) is -1.62. The van der Waals surface area contributed by atoms with E-state index in [1.54, 1.807) is 46.8 Å². The number of phenolic OH excluding ortho intramolecular Hbond substituents is 1. The largest absolute Gasteiger partial charge is 0.508 e. The van der Waals surface area contributed by atoms with E-state index in [9.17, 15) is 29.7 Å². The van der Waals surface area contributed by atoms with E-state index in [4.69, 9.17) is 0 Å². The molecule has 4 atom stereocenters. The third-order valence-electron chi connectivity index (χ3n) is 9.13. The number of hydrogen-bond donors (Lipinski definition) is 5. The zero-order valence-electron chi connectivity index (χ0n) is 26.2. The van der Waals surface area contributed by atoms with Crippen LogP contribution in [-0.2, 0) is 22.6 Å². The van der Waals surface area contributed by atoms with Crippen LogP contribution in [0.25, 0.3) is 0 Å². The van der Waals surface area contributed by atoms with Crippen LogP contribution in [-0.4, -0.2) is 68.3 Å². The first kappa shape index (κ1) is 32.7. The summed E-state index contributed by atoms with van der Waals surface area (Å²) in [6, 6.07) is 17.8. The number of β-amino-alcohol motifs (C(OH)–C–C–N with tert-alkyl or cyclic N) is 1. The first-order valence-corrected chi connectivity index (χ1v) is 14.8. The Hall–Kier alpha value is -4.21. The fraction of sp³-hybridized carbons (Fsp3) is 0.400. The molecule has 5 N–H and O–H groups in total. The number of hydrogen-bond acceptors (Lipinski definition) is 6. The Morgan fingerprint density at radius 1 is 0.977 bits per heavy atom. The minimum atomic E-state index is -1.74. The zero-order chi connectivity index (χ0) is 32.4. The Labute approximate surface area is 258 Å². The Morgan fingerprint density at radius 3 is 2.27 bits per heavy atom. The Kier molecular flexibility index (Phi) is 9.51. The van der Waals surface area contributed by atoms with Crippen molar-refractivity contribution in [3.05, 3.63) is 100 Å². The smallest absolute Gasteiger partial charge is 0.254 e. The molecular weight excluding hydrogens is 558 g/mol. The van der Waals surface area contributed by atoms with Crippen LogP contribution in [0.2, 0.25) is 0 Å². The minimum Gasteiger partial charge on any atom is -0.508 e. The first-order valence-electron chi connectivity index (χ1n) is 14.8. The van der Waals surface area contributed by atoms with Crippen molar-refractivity contribution in [1.29, 1.82) is 0 Å². The molecule has 9 heteroatoms. The van der Waals surface area contributed by atoms with Gasteiger partial charge in [-0.2, -0.15) is 0 Å². The summed E-state index contributed by atoms with van der Waals surface area (Å²) >= 11 is 0. The molecule has 0 saturated carbocycles. The molecule has 0 bridgehead atoms. The van der Waals surface area contributed by atoms with Gasteiger partial charge in [0.25, 0.3) is 11.8 Å². The predicted octanol–water partition coefficient (Wildman–Crippen LogP) is 3.32. The van der Waals surface area contributed by atoms with Gasteiger partial charge >= 0.3 is 0 Å². The molecule has 4 rings (SSSR count). The SMILES string of the molecule is Cc1cc(O)c(C)c(C(=O)N[C@@H](Cc2ccccc2)[C@H](O)C(=O)N2C[C@](C)(O)C(C)(C)C2C(=O)NCc2ccccc2C)c1. The van der Waals surface area contributed by atoms with Crippen molar-refractivity contribution in [2.75, 3.05) is 6.54 Å². The molecule has 1 aliphatic rings. The van der Waals surface area contributed by atoms with Gasteiger partial charge in [0, 0.05) is 23.1 Å². The molecule has 1 saturated heterocycles. The number of rotatable bonds is 9. The van der Waals surface area contributed by atoms with Crippen LogP contribution >= 0.6 is 0 Å². The Bertz CT molecular complexity index is 1530. The van der Waals surface area contributed by atoms with Crippen molar-refractivity contribution >= 4 is 17.7 Å². The zero-order valence-corrected chi connectivity index (χ0v) is 26.2. The molecule has 44 heavy (non-hydrogen) atoms. The summed E-state index contributed by atoms with van der Waals surface area (Å²) < 4.78 is 0. The maximum Gasteiger partial charge on any atom is 0.254 e. The third kappa shape index (κ3) is 6.64. The number of carbonyl (C=O) groups is 3. The Morgan fingerprint density at radius 2 is 1.61 bits per heavy atom. The highest BCUT2D eigenvalue weighted by atomic mass is 16.3. The van der Waals surface area contributed by atoms with Crippen molar-refractivity contribution < 1.29 is 29.7 Å². The maximum atomic E-state index is 14.1. The number of aliphatic hydroxyl groups is 2. The fourth-order valence-corrected chi connectivity index (χ4v) is 5.85. The van der Waals surface area contributed by atoms with Gasteiger partial charge in [-0.3, -0.25) is 14.4 Å². The Balaban J connectivity index is 1.63. The average Bonchev–Trinajstić information content (AvgIpc) is 3.16. The van der Waals surface area contributed by atoms with Gasteiger partial charge in [-0.1, -0.05) is 68.4 Å². The molecule has 9 nitrogen and oxygen atoms in total. The third-order valence-corrected chi connectivity index (χ3v) is 9.13. The van der Waals surface area contributed by atoms with Gasteiger partial charge in [-0.25, -0.2) is 0 Å². The van der Waals surface area contributed by atoms with E-state index in [0.29, 0.717) is 11.1 Å². The maximum absolute atomic E-state index is 14.1. The van der Waals surface area contributed by atoms with E-state index in [0.717, 1.165) is 16.7 Å². The topological polar surface area (TPSA) is 139 Å². The summed E-state index contributed by atoms with van der Waals surface area (Å²) in [5, 5.41) is 39.0. The molecule has 1 aliphatic heterocycles. The van der Waals surface area contributed by atoms with E-state index in [1.165, 1.54) is 4.90 Å². The van der Waals surface area contributed by atoms with Gasteiger partial charge < -0.3 is 30.9 Å². The molecule has 1 unspecified atom stereocenters. The second kappa shape index (κ2) is 12.8. The molecule has 1 fully saturated rings. The van der Waals surface area contributed by atoms with Crippen molar-refractivity contribution in [3.8, 4) is 5.75 Å². The standard InChI is InChI=1S/C35H43N3O6/c1-21-16-26(23(3)28(39)17-21)31(41)37-27(18-24-13-8-7-9-14-24)29(40)33(43)38-20-35(6,44)34(4,5)30(38)32(42)36-19-25-15-11-10-12-22(25)2/h7-17,27,29-30,39-40,44H,18-20H2,1-6H3,(H,36,42)(H,37,41)/t27-,29-,30?,35-/m0/s1. The summed E-state index contributed by atoms with van der Waals surface area (Å²) in [5.74, 6) is -1.83. The van der Waals surface area contributed by atoms with Crippen molar-refractivity contribution in [1.82, 2.24) is 15.5 Å². The second-order valence-corrected chi connectivity index (χ2v) is 12.7. The number of phenols is 1. The molecule has 3 amide bonds. The summed E-state index contributed by atoms with van der Waals surface area (Å²) in [7, 11) is 0. The number of carbonyl (C=O) groups excluding carboxylic acids is 3. The molecular formula is C35H43N3O6. The highest BCUT2D eigenvalue weighted by molar-refractivity contribution is 5.97. The van der Waals surface area contributed by atoms with Crippen LogP contribution < -0.4 is 10.6 Å². The van der Waals surface area contributed by atoms with Crippen LogP contribution in [0.3, 0.4) is 0 Å². The summed E-state index contributed by atoms with van der Waals surface area (Å²) in [6.45, 7) is 10.4. The van der Waals surface area contributed by atoms with Gasteiger partial charge in [0.05, 0.1) is 18.2 Å². The molecule has 3 aromatic carbocycles. The second-order valence-electron chi connectivity index (χ2n) is 12.7. The van der Waals surface area contributed by atoms with Gasteiger partial charge in [0.15, 0.2) is 6.10 Å². The lowest BCUT2D eigenvalue weighted by atomic mass is 9.74. The van der Waals surface area contributed by atoms with Gasteiger partial charge in [-0.15, -0.1) is 0 Å². The molecule has 0 radical (unpaired) electrons. The number of aliphatic hydroxyl groups excluding tert-OH is 1. The lowest BCUT2D eigenvalue weighted by Gasteiger charge is -2.36. The van der Waals surface area contributed by atoms with E-state index in [1.807, 2.05) is 61.5 Å². The summed E-state index contributed by atoms with van der Waals surface area (Å²) in [4.78, 5) is 42.5. The van der Waals surface area contributed by atoms with E-state index < -0.39 is 46.9 Å². The molecule has 0 aliphatic carbocycles. The normalized spacial score (nSPS) is 20.5. The van der Waals surface area contributed by atoms with Crippen molar-refractivity contribution in [3.63, 3.8) is 0 Å². The van der Waals surface area contributed by atoms with E-state index in [-0.39, 0.29) is 30.8 Å². The van der Waals surface area contributed by atoms with Crippen molar-refractivity contribution in [2.24, 2.45) is 5.41 Å². The number of benzene rings is 3. The van der Waals surface area contributed by atoms with Gasteiger partial charge in [-0.05, 0) is 68.5 Å². The van der Waals surface area contributed by atoms with Crippen molar-refractivity contribution in [2.45, 2.75) is 78.3 Å². The van der Waals surface area contributed by atoms with Gasteiger partial charge in [0.2, 0.25) is 5.91 Å².